The van der Waals surface area contributed by atoms with Crippen LogP contribution in [-0.2, 0) is 4.79 Å². The monoisotopic (exact) mass is 455 g/mol. The number of hydrazone groups is 1. The molecular weight excluding hydrogens is 430 g/mol. The lowest BCUT2D eigenvalue weighted by Crippen LogP contribution is -2.36. The molecule has 4 aromatic rings. The van der Waals surface area contributed by atoms with Crippen molar-refractivity contribution in [2.24, 2.45) is 5.10 Å². The first-order valence-electron chi connectivity index (χ1n) is 11.2. The van der Waals surface area contributed by atoms with Gasteiger partial charge >= 0.3 is 0 Å². The highest BCUT2D eigenvalue weighted by atomic mass is 16.3. The molecule has 5 rings (SSSR count). The Hall–Kier alpha value is -4.01. The minimum Gasteiger partial charge on any atom is -0.467 e. The second-order valence-corrected chi connectivity index (χ2v) is 7.96. The third-order valence-electron chi connectivity index (χ3n) is 5.70. The molecule has 0 radical (unpaired) electrons. The molecule has 0 aliphatic carbocycles. The molecular formula is C26H25N5O3. The highest BCUT2D eigenvalue weighted by Gasteiger charge is 2.36. The van der Waals surface area contributed by atoms with E-state index in [2.05, 4.69) is 5.32 Å². The first-order valence-corrected chi connectivity index (χ1v) is 11.2. The van der Waals surface area contributed by atoms with E-state index in [-0.39, 0.29) is 25.1 Å². The summed E-state index contributed by atoms with van der Waals surface area (Å²) in [6.45, 7) is 0.370. The summed E-state index contributed by atoms with van der Waals surface area (Å²) in [4.78, 5) is 13.0. The normalized spacial score (nSPS) is 15.5. The average Bonchev–Trinajstić information content (AvgIpc) is 3.64. The number of rotatable bonds is 8. The van der Waals surface area contributed by atoms with Crippen molar-refractivity contribution in [1.29, 1.82) is 0 Å². The SMILES string of the molecule is O=C(CNCCO)N1N=C(c2cn(-c3ccccc3)nc2-c2ccccc2)C[C@H]1c1ccco1. The average molecular weight is 456 g/mol. The lowest BCUT2D eigenvalue weighted by Gasteiger charge is -2.19. The predicted molar refractivity (Wildman–Crippen MR) is 128 cm³/mol. The summed E-state index contributed by atoms with van der Waals surface area (Å²) < 4.78 is 7.49. The third kappa shape index (κ3) is 4.41. The summed E-state index contributed by atoms with van der Waals surface area (Å²) in [5, 5.41) is 23.1. The van der Waals surface area contributed by atoms with E-state index in [1.165, 1.54) is 5.01 Å². The molecule has 0 fully saturated rings. The van der Waals surface area contributed by atoms with E-state index in [1.807, 2.05) is 83.7 Å². The Morgan fingerprint density at radius 3 is 2.53 bits per heavy atom. The number of carbonyl (C=O) groups excluding carboxylic acids is 1. The zero-order chi connectivity index (χ0) is 23.3. The largest absolute Gasteiger partial charge is 0.467 e. The molecule has 1 aliphatic rings. The molecule has 3 heterocycles. The maximum Gasteiger partial charge on any atom is 0.257 e. The minimum atomic E-state index is -0.350. The van der Waals surface area contributed by atoms with Gasteiger partial charge in [-0.15, -0.1) is 0 Å². The molecule has 0 saturated heterocycles. The number of aromatic nitrogens is 2. The molecule has 0 saturated carbocycles. The number of furan rings is 1. The molecule has 8 heteroatoms. The van der Waals surface area contributed by atoms with Gasteiger partial charge in [0.2, 0.25) is 0 Å². The van der Waals surface area contributed by atoms with Gasteiger partial charge in [-0.05, 0) is 24.3 Å². The quantitative estimate of drug-likeness (QED) is 0.397. The van der Waals surface area contributed by atoms with Crippen molar-refractivity contribution < 1.29 is 14.3 Å². The van der Waals surface area contributed by atoms with Gasteiger partial charge in [-0.3, -0.25) is 4.79 Å². The number of aliphatic hydroxyl groups is 1. The van der Waals surface area contributed by atoms with Crippen LogP contribution in [-0.4, -0.2) is 51.2 Å². The Labute approximate surface area is 197 Å². The predicted octanol–water partition coefficient (Wildman–Crippen LogP) is 3.39. The van der Waals surface area contributed by atoms with Crippen LogP contribution in [0.5, 0.6) is 0 Å². The third-order valence-corrected chi connectivity index (χ3v) is 5.70. The second-order valence-electron chi connectivity index (χ2n) is 7.96. The molecule has 1 atom stereocenters. The minimum absolute atomic E-state index is 0.0392. The number of amides is 1. The van der Waals surface area contributed by atoms with Crippen LogP contribution in [0, 0.1) is 0 Å². The van der Waals surface area contributed by atoms with Crippen molar-refractivity contribution in [3.8, 4) is 16.9 Å². The van der Waals surface area contributed by atoms with Crippen molar-refractivity contribution in [1.82, 2.24) is 20.1 Å². The number of hydrogen-bond donors (Lipinski definition) is 2. The van der Waals surface area contributed by atoms with Gasteiger partial charge in [-0.2, -0.15) is 10.2 Å². The van der Waals surface area contributed by atoms with E-state index in [0.29, 0.717) is 18.7 Å². The van der Waals surface area contributed by atoms with Crippen LogP contribution in [0.1, 0.15) is 23.8 Å². The molecule has 0 unspecified atom stereocenters. The number of para-hydroxylation sites is 1. The van der Waals surface area contributed by atoms with Gasteiger partial charge in [0.15, 0.2) is 0 Å². The summed E-state index contributed by atoms with van der Waals surface area (Å²) in [7, 11) is 0. The fourth-order valence-electron chi connectivity index (χ4n) is 4.07. The summed E-state index contributed by atoms with van der Waals surface area (Å²) >= 11 is 0. The highest BCUT2D eigenvalue weighted by Crippen LogP contribution is 2.35. The van der Waals surface area contributed by atoms with Crippen LogP contribution in [0.15, 0.2) is 94.8 Å². The van der Waals surface area contributed by atoms with Crippen molar-refractivity contribution in [3.05, 3.63) is 96.6 Å². The summed E-state index contributed by atoms with van der Waals surface area (Å²) in [6, 6.07) is 23.2. The second kappa shape index (κ2) is 9.86. The smallest absolute Gasteiger partial charge is 0.257 e. The van der Waals surface area contributed by atoms with Gasteiger partial charge in [0.25, 0.3) is 5.91 Å². The van der Waals surface area contributed by atoms with Crippen LogP contribution in [0.25, 0.3) is 16.9 Å². The Balaban J connectivity index is 1.55. The van der Waals surface area contributed by atoms with Crippen LogP contribution in [0.3, 0.4) is 0 Å². The Kier molecular flexibility index (Phi) is 6.33. The first kappa shape index (κ1) is 21.8. The number of aliphatic hydroxyl groups excluding tert-OH is 1. The summed E-state index contributed by atoms with van der Waals surface area (Å²) in [5.41, 5.74) is 4.34. The molecule has 2 N–H and O–H groups in total. The fourth-order valence-corrected chi connectivity index (χ4v) is 4.07. The van der Waals surface area contributed by atoms with Gasteiger partial charge in [0, 0.05) is 30.3 Å². The molecule has 34 heavy (non-hydrogen) atoms. The molecule has 172 valence electrons. The standard InChI is InChI=1S/C26H25N5O3/c32-14-13-27-17-25(33)31-23(24-12-7-15-34-24)16-22(28-31)21-18-30(20-10-5-2-6-11-20)29-26(21)19-8-3-1-4-9-19/h1-12,15,18,23,27,32H,13-14,16-17H2/t23-/m0/s1. The van der Waals surface area contributed by atoms with Crippen LogP contribution < -0.4 is 5.32 Å². The highest BCUT2D eigenvalue weighted by molar-refractivity contribution is 6.07. The van der Waals surface area contributed by atoms with Gasteiger partial charge < -0.3 is 14.8 Å². The van der Waals surface area contributed by atoms with Gasteiger partial charge in [0.1, 0.15) is 17.5 Å². The number of hydrogen-bond acceptors (Lipinski definition) is 6. The fraction of sp³-hybridized carbons (Fsp3) is 0.192. The molecule has 0 spiro atoms. The lowest BCUT2D eigenvalue weighted by atomic mass is 10.00. The molecule has 8 nitrogen and oxygen atoms in total. The Morgan fingerprint density at radius 1 is 1.06 bits per heavy atom. The molecule has 2 aromatic heterocycles. The lowest BCUT2D eigenvalue weighted by molar-refractivity contribution is -0.132. The van der Waals surface area contributed by atoms with E-state index in [0.717, 1.165) is 28.2 Å². The van der Waals surface area contributed by atoms with Crippen molar-refractivity contribution in [3.63, 3.8) is 0 Å². The molecule has 2 aromatic carbocycles. The number of nitrogens with one attached hydrogen (secondary N) is 1. The number of carbonyl (C=O) groups is 1. The van der Waals surface area contributed by atoms with Gasteiger partial charge in [-0.1, -0.05) is 48.5 Å². The maximum atomic E-state index is 13.0. The first-order chi connectivity index (χ1) is 16.7. The van der Waals surface area contributed by atoms with Gasteiger partial charge in [0.05, 0.1) is 30.8 Å². The van der Waals surface area contributed by atoms with Crippen molar-refractivity contribution in [2.45, 2.75) is 12.5 Å². The van der Waals surface area contributed by atoms with Crippen LogP contribution in [0.4, 0.5) is 0 Å². The number of benzene rings is 2. The van der Waals surface area contributed by atoms with Crippen molar-refractivity contribution >= 4 is 11.6 Å². The Morgan fingerprint density at radius 2 is 1.82 bits per heavy atom. The van der Waals surface area contributed by atoms with E-state index in [4.69, 9.17) is 19.7 Å². The van der Waals surface area contributed by atoms with Crippen LogP contribution in [0.2, 0.25) is 0 Å². The zero-order valence-corrected chi connectivity index (χ0v) is 18.5. The van der Waals surface area contributed by atoms with E-state index >= 15 is 0 Å². The van der Waals surface area contributed by atoms with Crippen molar-refractivity contribution in [2.75, 3.05) is 19.7 Å². The van der Waals surface area contributed by atoms with E-state index < -0.39 is 0 Å². The molecule has 0 bridgehead atoms. The Bertz CT molecular complexity index is 1270. The summed E-state index contributed by atoms with van der Waals surface area (Å²) in [6.07, 6.45) is 4.07. The van der Waals surface area contributed by atoms with E-state index in [9.17, 15) is 4.79 Å². The maximum absolute atomic E-state index is 13.0. The summed E-state index contributed by atoms with van der Waals surface area (Å²) in [5.74, 6) is 0.479. The van der Waals surface area contributed by atoms with Crippen LogP contribution >= 0.6 is 0 Å². The number of nitrogens with zero attached hydrogens (tertiary/aromatic N) is 4. The zero-order valence-electron chi connectivity index (χ0n) is 18.5. The van der Waals surface area contributed by atoms with Gasteiger partial charge in [-0.25, -0.2) is 9.69 Å². The van der Waals surface area contributed by atoms with E-state index in [1.54, 1.807) is 6.26 Å². The molecule has 1 aliphatic heterocycles. The molecule has 1 amide bonds. The topological polar surface area (TPSA) is 95.9 Å².